The van der Waals surface area contributed by atoms with E-state index in [0.717, 1.165) is 38.8 Å². The molecule has 0 saturated carbocycles. The van der Waals surface area contributed by atoms with Crippen LogP contribution in [0.5, 0.6) is 0 Å². The Balaban J connectivity index is 2.47. The van der Waals surface area contributed by atoms with E-state index in [1.165, 1.54) is 19.3 Å². The third-order valence-electron chi connectivity index (χ3n) is 3.89. The summed E-state index contributed by atoms with van der Waals surface area (Å²) in [6, 6.07) is 0. The van der Waals surface area contributed by atoms with E-state index < -0.39 is 11.5 Å². The Morgan fingerprint density at radius 2 is 2.06 bits per heavy atom. The third kappa shape index (κ3) is 2.76. The second-order valence-corrected chi connectivity index (χ2v) is 4.84. The lowest BCUT2D eigenvalue weighted by atomic mass is 9.93. The summed E-state index contributed by atoms with van der Waals surface area (Å²) in [7, 11) is 0. The highest BCUT2D eigenvalue weighted by molar-refractivity contribution is 5.79. The minimum absolute atomic E-state index is 0.549. The van der Waals surface area contributed by atoms with Crippen molar-refractivity contribution in [3.05, 3.63) is 0 Å². The van der Waals surface area contributed by atoms with E-state index in [4.69, 9.17) is 0 Å². The molecule has 1 atom stereocenters. The molecule has 0 aromatic carbocycles. The van der Waals surface area contributed by atoms with Crippen molar-refractivity contribution in [1.29, 1.82) is 0 Å². The molecule has 0 amide bonds. The van der Waals surface area contributed by atoms with Crippen molar-refractivity contribution in [3.63, 3.8) is 0 Å². The Hall–Kier alpha value is -0.570. The second kappa shape index (κ2) is 6.24. The molecule has 0 bridgehead atoms. The number of carbonyl (C=O) groups is 1. The van der Waals surface area contributed by atoms with Crippen molar-refractivity contribution in [2.45, 2.75) is 64.3 Å². The van der Waals surface area contributed by atoms with Gasteiger partial charge in [-0.15, -0.1) is 0 Å². The van der Waals surface area contributed by atoms with Crippen LogP contribution in [-0.4, -0.2) is 34.6 Å². The summed E-state index contributed by atoms with van der Waals surface area (Å²) >= 11 is 0. The fourth-order valence-electron chi connectivity index (χ4n) is 2.78. The molecular weight excluding hydrogens is 202 g/mol. The molecule has 1 unspecified atom stereocenters. The monoisotopic (exact) mass is 227 g/mol. The average Bonchev–Trinajstić information content (AvgIpc) is 2.68. The Bertz CT molecular complexity index is 230. The molecule has 1 N–H and O–H groups in total. The highest BCUT2D eigenvalue weighted by Gasteiger charge is 2.45. The van der Waals surface area contributed by atoms with Crippen molar-refractivity contribution >= 4 is 5.97 Å². The van der Waals surface area contributed by atoms with Gasteiger partial charge < -0.3 is 5.11 Å². The zero-order chi connectivity index (χ0) is 12.0. The highest BCUT2D eigenvalue weighted by Crippen LogP contribution is 2.32. The lowest BCUT2D eigenvalue weighted by Gasteiger charge is -2.33. The summed E-state index contributed by atoms with van der Waals surface area (Å²) in [5.74, 6) is -0.622. The van der Waals surface area contributed by atoms with E-state index in [1.54, 1.807) is 0 Å². The zero-order valence-corrected chi connectivity index (χ0v) is 10.7. The summed E-state index contributed by atoms with van der Waals surface area (Å²) in [6.45, 7) is 6.12. The molecule has 0 spiro atoms. The number of carboxylic acid groups (broad SMARTS) is 1. The molecule has 16 heavy (non-hydrogen) atoms. The lowest BCUT2D eigenvalue weighted by Crippen LogP contribution is -2.50. The van der Waals surface area contributed by atoms with E-state index in [0.29, 0.717) is 0 Å². The van der Waals surface area contributed by atoms with Gasteiger partial charge in [0, 0.05) is 0 Å². The van der Waals surface area contributed by atoms with E-state index in [1.807, 2.05) is 6.92 Å². The van der Waals surface area contributed by atoms with E-state index in [2.05, 4.69) is 11.8 Å². The molecule has 3 heteroatoms. The third-order valence-corrected chi connectivity index (χ3v) is 3.89. The Morgan fingerprint density at radius 1 is 1.31 bits per heavy atom. The largest absolute Gasteiger partial charge is 0.480 e. The Kier molecular flexibility index (Phi) is 5.26. The van der Waals surface area contributed by atoms with Crippen molar-refractivity contribution in [2.24, 2.45) is 0 Å². The number of unbranched alkanes of at least 4 members (excludes halogenated alkanes) is 3. The maximum Gasteiger partial charge on any atom is 0.324 e. The second-order valence-electron chi connectivity index (χ2n) is 4.84. The topological polar surface area (TPSA) is 40.5 Å². The Labute approximate surface area is 98.8 Å². The highest BCUT2D eigenvalue weighted by atomic mass is 16.4. The van der Waals surface area contributed by atoms with Crippen molar-refractivity contribution in [3.8, 4) is 0 Å². The molecule has 1 aliphatic rings. The molecule has 1 heterocycles. The first-order valence-corrected chi connectivity index (χ1v) is 6.66. The predicted molar refractivity (Wildman–Crippen MR) is 65.6 cm³/mol. The summed E-state index contributed by atoms with van der Waals surface area (Å²) in [4.78, 5) is 13.6. The average molecular weight is 227 g/mol. The first kappa shape index (κ1) is 13.5. The van der Waals surface area contributed by atoms with Crippen LogP contribution in [0.15, 0.2) is 0 Å². The number of aliphatic carboxylic acids is 1. The molecule has 0 aromatic heterocycles. The predicted octanol–water partition coefficient (Wildman–Crippen LogP) is 2.90. The number of hydrogen-bond donors (Lipinski definition) is 1. The van der Waals surface area contributed by atoms with Gasteiger partial charge in [-0.3, -0.25) is 9.69 Å². The van der Waals surface area contributed by atoms with Gasteiger partial charge in [-0.2, -0.15) is 0 Å². The van der Waals surface area contributed by atoms with Crippen molar-refractivity contribution in [1.82, 2.24) is 4.90 Å². The summed E-state index contributed by atoms with van der Waals surface area (Å²) in [6.07, 6.45) is 7.46. The standard InChI is InChI=1S/C13H25NO2/c1-3-5-6-7-10-14-11-8-9-13(14,4-2)12(15)16/h3-11H2,1-2H3,(H,15,16). The molecule has 1 saturated heterocycles. The van der Waals surface area contributed by atoms with Gasteiger partial charge >= 0.3 is 5.97 Å². The summed E-state index contributed by atoms with van der Waals surface area (Å²) < 4.78 is 0. The number of hydrogen-bond acceptors (Lipinski definition) is 2. The molecule has 0 aromatic rings. The van der Waals surface area contributed by atoms with Gasteiger partial charge in [-0.05, 0) is 38.8 Å². The smallest absolute Gasteiger partial charge is 0.324 e. The van der Waals surface area contributed by atoms with Gasteiger partial charge in [0.15, 0.2) is 0 Å². The maximum atomic E-state index is 11.4. The van der Waals surface area contributed by atoms with Gasteiger partial charge in [0.1, 0.15) is 5.54 Å². The summed E-state index contributed by atoms with van der Waals surface area (Å²) in [5.41, 5.74) is -0.549. The molecule has 94 valence electrons. The normalized spacial score (nSPS) is 26.1. The quantitative estimate of drug-likeness (QED) is 0.680. The van der Waals surface area contributed by atoms with Crippen LogP contribution in [0.1, 0.15) is 58.8 Å². The van der Waals surface area contributed by atoms with E-state index >= 15 is 0 Å². The molecule has 1 aliphatic heterocycles. The lowest BCUT2D eigenvalue weighted by molar-refractivity contribution is -0.150. The Morgan fingerprint density at radius 3 is 2.62 bits per heavy atom. The zero-order valence-electron chi connectivity index (χ0n) is 10.7. The molecule has 1 fully saturated rings. The fraction of sp³-hybridized carbons (Fsp3) is 0.923. The van der Waals surface area contributed by atoms with Gasteiger partial charge in [0.25, 0.3) is 0 Å². The first-order valence-electron chi connectivity index (χ1n) is 6.66. The van der Waals surface area contributed by atoms with Crippen LogP contribution < -0.4 is 0 Å². The fourth-order valence-corrected chi connectivity index (χ4v) is 2.78. The van der Waals surface area contributed by atoms with E-state index in [-0.39, 0.29) is 0 Å². The maximum absolute atomic E-state index is 11.4. The van der Waals surface area contributed by atoms with Crippen LogP contribution in [0.4, 0.5) is 0 Å². The minimum atomic E-state index is -0.622. The molecular formula is C13H25NO2. The number of carboxylic acids is 1. The number of nitrogens with zero attached hydrogens (tertiary/aromatic N) is 1. The van der Waals surface area contributed by atoms with Crippen LogP contribution in [-0.2, 0) is 4.79 Å². The van der Waals surface area contributed by atoms with E-state index in [9.17, 15) is 9.90 Å². The van der Waals surface area contributed by atoms with Gasteiger partial charge in [0.05, 0.1) is 0 Å². The van der Waals surface area contributed by atoms with Gasteiger partial charge in [-0.1, -0.05) is 33.1 Å². The van der Waals surface area contributed by atoms with Crippen LogP contribution >= 0.6 is 0 Å². The first-order chi connectivity index (χ1) is 7.67. The SMILES string of the molecule is CCCCCCN1CCCC1(CC)C(=O)O. The van der Waals surface area contributed by atoms with Crippen molar-refractivity contribution in [2.75, 3.05) is 13.1 Å². The van der Waals surface area contributed by atoms with Crippen LogP contribution in [0, 0.1) is 0 Å². The molecule has 0 aliphatic carbocycles. The summed E-state index contributed by atoms with van der Waals surface area (Å²) in [5, 5.41) is 9.40. The minimum Gasteiger partial charge on any atom is -0.480 e. The van der Waals surface area contributed by atoms with Gasteiger partial charge in [0.2, 0.25) is 0 Å². The number of likely N-dealkylation sites (tertiary alicyclic amines) is 1. The van der Waals surface area contributed by atoms with Crippen molar-refractivity contribution < 1.29 is 9.90 Å². The van der Waals surface area contributed by atoms with Crippen LogP contribution in [0.25, 0.3) is 0 Å². The number of rotatable bonds is 7. The van der Waals surface area contributed by atoms with Crippen LogP contribution in [0.2, 0.25) is 0 Å². The molecule has 0 radical (unpaired) electrons. The van der Waals surface area contributed by atoms with Crippen LogP contribution in [0.3, 0.4) is 0 Å². The molecule has 1 rings (SSSR count). The van der Waals surface area contributed by atoms with Gasteiger partial charge in [-0.25, -0.2) is 0 Å². The molecule has 3 nitrogen and oxygen atoms in total.